The number of aldehydes is 1. The standard InChI is InChI=1S/C11H9IOS/c1-2-8-7(5-13)3-4-10-11(8)9(12)6-14-10/h3-6H,2H2,1H3. The van der Waals surface area contributed by atoms with Crippen molar-refractivity contribution in [2.45, 2.75) is 13.3 Å². The van der Waals surface area contributed by atoms with Crippen LogP contribution in [0.15, 0.2) is 17.5 Å². The fraction of sp³-hybridized carbons (Fsp3) is 0.182. The highest BCUT2D eigenvalue weighted by Crippen LogP contribution is 2.31. The van der Waals surface area contributed by atoms with Gasteiger partial charge in [0, 0.05) is 24.6 Å². The summed E-state index contributed by atoms with van der Waals surface area (Å²) in [5.74, 6) is 0. The van der Waals surface area contributed by atoms with Gasteiger partial charge < -0.3 is 0 Å². The van der Waals surface area contributed by atoms with Gasteiger partial charge in [0.1, 0.15) is 6.29 Å². The third-order valence-electron chi connectivity index (χ3n) is 2.32. The predicted octanol–water partition coefficient (Wildman–Crippen LogP) is 3.88. The molecule has 3 heteroatoms. The summed E-state index contributed by atoms with van der Waals surface area (Å²) in [4.78, 5) is 10.9. The lowest BCUT2D eigenvalue weighted by Gasteiger charge is -2.03. The first kappa shape index (κ1) is 10.1. The number of thiophene rings is 1. The highest BCUT2D eigenvalue weighted by molar-refractivity contribution is 14.1. The number of fused-ring (bicyclic) bond motifs is 1. The van der Waals surface area contributed by atoms with Crippen LogP contribution in [0.1, 0.15) is 22.8 Å². The van der Waals surface area contributed by atoms with E-state index in [2.05, 4.69) is 34.9 Å². The Kier molecular flexibility index (Phi) is 2.88. The van der Waals surface area contributed by atoms with E-state index < -0.39 is 0 Å². The fourth-order valence-electron chi connectivity index (χ4n) is 1.67. The Balaban J connectivity index is 2.87. The molecule has 0 saturated heterocycles. The molecule has 0 unspecified atom stereocenters. The van der Waals surface area contributed by atoms with E-state index in [1.165, 1.54) is 19.2 Å². The van der Waals surface area contributed by atoms with E-state index in [9.17, 15) is 4.79 Å². The van der Waals surface area contributed by atoms with Crippen LogP contribution < -0.4 is 0 Å². The third-order valence-corrected chi connectivity index (χ3v) is 4.54. The van der Waals surface area contributed by atoms with Crippen molar-refractivity contribution in [3.63, 3.8) is 0 Å². The van der Waals surface area contributed by atoms with Crippen LogP contribution in [0.2, 0.25) is 0 Å². The van der Waals surface area contributed by atoms with E-state index in [0.29, 0.717) is 0 Å². The van der Waals surface area contributed by atoms with Crippen molar-refractivity contribution in [1.29, 1.82) is 0 Å². The van der Waals surface area contributed by atoms with E-state index in [1.54, 1.807) is 11.3 Å². The number of benzene rings is 1. The van der Waals surface area contributed by atoms with Gasteiger partial charge in [-0.05, 0) is 46.7 Å². The summed E-state index contributed by atoms with van der Waals surface area (Å²) >= 11 is 4.07. The fourth-order valence-corrected chi connectivity index (χ4v) is 3.69. The first-order valence-corrected chi connectivity index (χ1v) is 6.37. The lowest BCUT2D eigenvalue weighted by molar-refractivity contribution is 0.112. The molecule has 2 aromatic rings. The number of halogens is 1. The molecule has 0 fully saturated rings. The van der Waals surface area contributed by atoms with Crippen LogP contribution in [0, 0.1) is 3.57 Å². The van der Waals surface area contributed by atoms with Crippen molar-refractivity contribution in [3.05, 3.63) is 32.2 Å². The van der Waals surface area contributed by atoms with Crippen LogP contribution in [0.4, 0.5) is 0 Å². The van der Waals surface area contributed by atoms with Crippen molar-refractivity contribution in [3.8, 4) is 0 Å². The largest absolute Gasteiger partial charge is 0.298 e. The van der Waals surface area contributed by atoms with Gasteiger partial charge in [-0.2, -0.15) is 0 Å². The highest BCUT2D eigenvalue weighted by Gasteiger charge is 2.09. The van der Waals surface area contributed by atoms with E-state index >= 15 is 0 Å². The molecule has 0 spiro atoms. The second-order valence-electron chi connectivity index (χ2n) is 3.06. The van der Waals surface area contributed by atoms with E-state index in [4.69, 9.17) is 0 Å². The molecular formula is C11H9IOS. The van der Waals surface area contributed by atoms with Crippen molar-refractivity contribution < 1.29 is 4.79 Å². The van der Waals surface area contributed by atoms with Gasteiger partial charge in [-0.1, -0.05) is 6.92 Å². The maximum atomic E-state index is 10.9. The zero-order valence-electron chi connectivity index (χ0n) is 7.71. The molecule has 0 saturated carbocycles. The molecule has 0 aliphatic rings. The van der Waals surface area contributed by atoms with Crippen molar-refractivity contribution in [2.24, 2.45) is 0 Å². The number of aryl methyl sites for hydroxylation is 1. The summed E-state index contributed by atoms with van der Waals surface area (Å²) in [6, 6.07) is 3.95. The van der Waals surface area contributed by atoms with Gasteiger partial charge in [0.15, 0.2) is 0 Å². The normalized spacial score (nSPS) is 10.7. The van der Waals surface area contributed by atoms with Crippen LogP contribution in [-0.2, 0) is 6.42 Å². The molecule has 1 aromatic carbocycles. The zero-order chi connectivity index (χ0) is 10.1. The van der Waals surface area contributed by atoms with Crippen molar-refractivity contribution in [2.75, 3.05) is 0 Å². The summed E-state index contributed by atoms with van der Waals surface area (Å²) in [6.07, 6.45) is 1.87. The zero-order valence-corrected chi connectivity index (χ0v) is 10.7. The number of carbonyl (C=O) groups excluding carboxylic acids is 1. The minimum absolute atomic E-state index is 0.830. The molecule has 0 amide bonds. The van der Waals surface area contributed by atoms with Crippen LogP contribution in [0.5, 0.6) is 0 Å². The Hall–Kier alpha value is -0.420. The second kappa shape index (κ2) is 3.98. The minimum atomic E-state index is 0.830. The van der Waals surface area contributed by atoms with E-state index in [0.717, 1.165) is 18.3 Å². The summed E-state index contributed by atoms with van der Waals surface area (Å²) < 4.78 is 2.53. The maximum absolute atomic E-state index is 10.9. The summed E-state index contributed by atoms with van der Waals surface area (Å²) in [7, 11) is 0. The van der Waals surface area contributed by atoms with Gasteiger partial charge in [0.25, 0.3) is 0 Å². The molecule has 14 heavy (non-hydrogen) atoms. The molecular weight excluding hydrogens is 307 g/mol. The smallest absolute Gasteiger partial charge is 0.150 e. The molecule has 2 rings (SSSR count). The van der Waals surface area contributed by atoms with E-state index in [-0.39, 0.29) is 0 Å². The maximum Gasteiger partial charge on any atom is 0.150 e. The van der Waals surface area contributed by atoms with Gasteiger partial charge in [-0.25, -0.2) is 0 Å². The lowest BCUT2D eigenvalue weighted by atomic mass is 10.0. The quantitative estimate of drug-likeness (QED) is 0.607. The molecule has 1 heterocycles. The topological polar surface area (TPSA) is 17.1 Å². The second-order valence-corrected chi connectivity index (χ2v) is 5.13. The Morgan fingerprint density at radius 1 is 1.50 bits per heavy atom. The van der Waals surface area contributed by atoms with Crippen molar-refractivity contribution >= 4 is 50.3 Å². The molecule has 72 valence electrons. The third kappa shape index (κ3) is 1.48. The minimum Gasteiger partial charge on any atom is -0.298 e. The van der Waals surface area contributed by atoms with Gasteiger partial charge >= 0.3 is 0 Å². The highest BCUT2D eigenvalue weighted by atomic mass is 127. The number of hydrogen-bond donors (Lipinski definition) is 0. The number of carbonyl (C=O) groups is 1. The monoisotopic (exact) mass is 316 g/mol. The molecule has 0 bridgehead atoms. The SMILES string of the molecule is CCc1c(C=O)ccc2scc(I)c12. The summed E-state index contributed by atoms with van der Waals surface area (Å²) in [5, 5.41) is 3.40. The van der Waals surface area contributed by atoms with Crippen LogP contribution >= 0.6 is 33.9 Å². The van der Waals surface area contributed by atoms with Crippen LogP contribution in [0.3, 0.4) is 0 Å². The average Bonchev–Trinajstić information content (AvgIpc) is 2.59. The molecule has 0 N–H and O–H groups in total. The Labute approximate surface area is 100 Å². The molecule has 1 nitrogen and oxygen atoms in total. The van der Waals surface area contributed by atoms with Gasteiger partial charge in [0.2, 0.25) is 0 Å². The van der Waals surface area contributed by atoms with Crippen LogP contribution in [-0.4, -0.2) is 6.29 Å². The summed E-state index contributed by atoms with van der Waals surface area (Å²) in [6.45, 7) is 2.09. The average molecular weight is 316 g/mol. The van der Waals surface area contributed by atoms with Gasteiger partial charge in [0.05, 0.1) is 0 Å². The lowest BCUT2D eigenvalue weighted by Crippen LogP contribution is -1.91. The van der Waals surface area contributed by atoms with Gasteiger partial charge in [-0.15, -0.1) is 11.3 Å². The first-order chi connectivity index (χ1) is 6.77. The van der Waals surface area contributed by atoms with Crippen molar-refractivity contribution in [1.82, 2.24) is 0 Å². The predicted molar refractivity (Wildman–Crippen MR) is 69.3 cm³/mol. The molecule has 0 aliphatic heterocycles. The van der Waals surface area contributed by atoms with E-state index in [1.807, 2.05) is 12.1 Å². The molecule has 0 radical (unpaired) electrons. The molecule has 0 aliphatic carbocycles. The first-order valence-electron chi connectivity index (χ1n) is 4.41. The Morgan fingerprint density at radius 2 is 2.29 bits per heavy atom. The van der Waals surface area contributed by atoms with Gasteiger partial charge in [-0.3, -0.25) is 4.79 Å². The molecule has 1 aromatic heterocycles. The Bertz CT molecular complexity index is 487. The Morgan fingerprint density at radius 3 is 2.93 bits per heavy atom. The molecule has 0 atom stereocenters. The summed E-state index contributed by atoms with van der Waals surface area (Å²) in [5.41, 5.74) is 2.01. The number of rotatable bonds is 2. The number of hydrogen-bond acceptors (Lipinski definition) is 2. The van der Waals surface area contributed by atoms with Crippen LogP contribution in [0.25, 0.3) is 10.1 Å².